The van der Waals surface area contributed by atoms with E-state index in [9.17, 15) is 14.3 Å². The monoisotopic (exact) mass is 374 g/mol. The number of aliphatic imine (C=N–C) groups is 1. The summed E-state index contributed by atoms with van der Waals surface area (Å²) in [6.07, 6.45) is 0.932. The zero-order chi connectivity index (χ0) is 17.7. The summed E-state index contributed by atoms with van der Waals surface area (Å²) >= 11 is 11.3. The summed E-state index contributed by atoms with van der Waals surface area (Å²) in [6.45, 7) is 1.60. The van der Waals surface area contributed by atoms with Gasteiger partial charge in [-0.3, -0.25) is 0 Å². The van der Waals surface area contributed by atoms with E-state index in [1.807, 2.05) is 0 Å². The van der Waals surface area contributed by atoms with Crippen LogP contribution in [0.5, 0.6) is 0 Å². The van der Waals surface area contributed by atoms with Gasteiger partial charge in [0.2, 0.25) is 0 Å². The molecule has 0 amide bonds. The number of aromatic nitrogens is 5. The average Bonchev–Trinajstić information content (AvgIpc) is 3.04. The number of hydrogen-bond acceptors (Lipinski definition) is 8. The Bertz CT molecular complexity index is 809. The van der Waals surface area contributed by atoms with Gasteiger partial charge < -0.3 is 9.84 Å². The predicted molar refractivity (Wildman–Crippen MR) is 82.7 cm³/mol. The molecule has 0 bridgehead atoms. The highest BCUT2D eigenvalue weighted by Gasteiger charge is 2.20. The van der Waals surface area contributed by atoms with Gasteiger partial charge in [0.15, 0.2) is 11.0 Å². The highest BCUT2D eigenvalue weighted by atomic mass is 35.5. The minimum Gasteiger partial charge on any atom is -0.506 e. The molecule has 2 aromatic rings. The summed E-state index contributed by atoms with van der Waals surface area (Å²) in [4.78, 5) is 19.3. The lowest BCUT2D eigenvalue weighted by atomic mass is 10.1. The summed E-state index contributed by atoms with van der Waals surface area (Å²) in [5.41, 5.74) is -0.673. The average molecular weight is 375 g/mol. The second-order valence-electron chi connectivity index (χ2n) is 4.05. The maximum absolute atomic E-state index is 13.6. The van der Waals surface area contributed by atoms with E-state index in [2.05, 4.69) is 30.6 Å². The molecule has 0 aliphatic carbocycles. The van der Waals surface area contributed by atoms with Crippen molar-refractivity contribution in [3.05, 3.63) is 33.3 Å². The van der Waals surface area contributed by atoms with Crippen molar-refractivity contribution < 1.29 is 19.0 Å². The molecule has 2 aromatic heterocycles. The van der Waals surface area contributed by atoms with Crippen LogP contribution in [-0.2, 0) is 9.53 Å². The maximum atomic E-state index is 13.6. The van der Waals surface area contributed by atoms with Gasteiger partial charge in [0, 0.05) is 6.21 Å². The zero-order valence-corrected chi connectivity index (χ0v) is 13.5. The van der Waals surface area contributed by atoms with Gasteiger partial charge in [-0.2, -0.15) is 5.21 Å². The van der Waals surface area contributed by atoms with Gasteiger partial charge in [0.05, 0.1) is 12.2 Å². The van der Waals surface area contributed by atoms with Crippen LogP contribution in [0.2, 0.25) is 10.3 Å². The third kappa shape index (κ3) is 4.03. The largest absolute Gasteiger partial charge is 0.506 e. The summed E-state index contributed by atoms with van der Waals surface area (Å²) in [7, 11) is 0. The molecule has 0 unspecified atom stereocenters. The van der Waals surface area contributed by atoms with E-state index in [0.717, 1.165) is 12.3 Å². The van der Waals surface area contributed by atoms with Gasteiger partial charge in [-0.25, -0.2) is 19.2 Å². The normalized spacial score (nSPS) is 12.3. The molecule has 0 fully saturated rings. The third-order valence-corrected chi connectivity index (χ3v) is 3.09. The molecule has 0 aromatic carbocycles. The number of pyridine rings is 1. The van der Waals surface area contributed by atoms with E-state index in [1.54, 1.807) is 6.92 Å². The molecule has 12 heteroatoms. The first-order valence-corrected chi connectivity index (χ1v) is 7.09. The lowest BCUT2D eigenvalue weighted by Crippen LogP contribution is -2.12. The minimum absolute atomic E-state index is 0.0343. The molecule has 126 valence electrons. The summed E-state index contributed by atoms with van der Waals surface area (Å²) in [5.74, 6) is -2.65. The molecule has 9 nitrogen and oxygen atoms in total. The number of nitrogens with zero attached hydrogens (tertiary/aromatic N) is 5. The predicted octanol–water partition coefficient (Wildman–Crippen LogP) is 2.28. The molecular formula is C12H9Cl2FN6O3. The van der Waals surface area contributed by atoms with E-state index in [-0.39, 0.29) is 23.3 Å². The summed E-state index contributed by atoms with van der Waals surface area (Å²) in [6, 6.07) is 0.828. The maximum Gasteiger partial charge on any atom is 0.343 e. The summed E-state index contributed by atoms with van der Waals surface area (Å²) < 4.78 is 18.4. The zero-order valence-electron chi connectivity index (χ0n) is 12.0. The molecule has 2 rings (SSSR count). The van der Waals surface area contributed by atoms with Crippen LogP contribution >= 0.6 is 23.2 Å². The molecule has 0 saturated carbocycles. The molecule has 0 aliphatic rings. The number of aliphatic hydroxyl groups is 1. The Balaban J connectivity index is 2.53. The lowest BCUT2D eigenvalue weighted by Gasteiger charge is -2.08. The number of halogens is 3. The van der Waals surface area contributed by atoms with Crippen LogP contribution in [0.1, 0.15) is 12.5 Å². The van der Waals surface area contributed by atoms with Crippen molar-refractivity contribution in [2.75, 3.05) is 6.61 Å². The molecular weight excluding hydrogens is 366 g/mol. The van der Waals surface area contributed by atoms with Crippen LogP contribution < -0.4 is 0 Å². The Morgan fingerprint density at radius 2 is 2.25 bits per heavy atom. The van der Waals surface area contributed by atoms with Gasteiger partial charge >= 0.3 is 5.97 Å². The summed E-state index contributed by atoms with van der Waals surface area (Å²) in [5, 5.41) is 22.0. The van der Waals surface area contributed by atoms with Crippen LogP contribution in [0, 0.1) is 5.82 Å². The SMILES string of the molecule is CCOC(=O)C(C=Nc1nn[nH]n1)=C(O)c1cc(F)c(Cl)nc1Cl. The van der Waals surface area contributed by atoms with E-state index in [1.165, 1.54) is 0 Å². The van der Waals surface area contributed by atoms with Crippen LogP contribution in [0.15, 0.2) is 16.6 Å². The Kier molecular flexibility index (Phi) is 5.77. The van der Waals surface area contributed by atoms with E-state index >= 15 is 0 Å². The first kappa shape index (κ1) is 17.8. The number of rotatable bonds is 5. The number of esters is 1. The molecule has 0 saturated heterocycles. The fourth-order valence-corrected chi connectivity index (χ4v) is 1.92. The van der Waals surface area contributed by atoms with Crippen molar-refractivity contribution in [3.8, 4) is 0 Å². The number of carbonyl (C=O) groups is 1. The van der Waals surface area contributed by atoms with Gasteiger partial charge in [-0.05, 0) is 18.2 Å². The van der Waals surface area contributed by atoms with Crippen LogP contribution in [0.3, 0.4) is 0 Å². The molecule has 0 radical (unpaired) electrons. The van der Waals surface area contributed by atoms with E-state index in [0.29, 0.717) is 0 Å². The number of hydrogen-bond donors (Lipinski definition) is 2. The van der Waals surface area contributed by atoms with Gasteiger partial charge in [-0.1, -0.05) is 28.3 Å². The topological polar surface area (TPSA) is 126 Å². The minimum atomic E-state index is -0.930. The molecule has 0 atom stereocenters. The lowest BCUT2D eigenvalue weighted by molar-refractivity contribution is -0.137. The molecule has 2 N–H and O–H groups in total. The van der Waals surface area contributed by atoms with Crippen molar-refractivity contribution in [2.45, 2.75) is 6.92 Å². The highest BCUT2D eigenvalue weighted by Crippen LogP contribution is 2.27. The van der Waals surface area contributed by atoms with Crippen molar-refractivity contribution in [3.63, 3.8) is 0 Å². The fourth-order valence-electron chi connectivity index (χ4n) is 1.51. The quantitative estimate of drug-likeness (QED) is 0.270. The van der Waals surface area contributed by atoms with E-state index < -0.39 is 28.3 Å². The van der Waals surface area contributed by atoms with Crippen molar-refractivity contribution in [1.82, 2.24) is 25.6 Å². The van der Waals surface area contributed by atoms with Gasteiger partial charge in [-0.15, -0.1) is 5.10 Å². The van der Waals surface area contributed by atoms with Crippen LogP contribution in [0.4, 0.5) is 10.3 Å². The van der Waals surface area contributed by atoms with E-state index in [4.69, 9.17) is 27.9 Å². The third-order valence-electron chi connectivity index (χ3n) is 2.54. The Morgan fingerprint density at radius 3 is 2.88 bits per heavy atom. The van der Waals surface area contributed by atoms with Gasteiger partial charge in [0.25, 0.3) is 5.95 Å². The highest BCUT2D eigenvalue weighted by molar-refractivity contribution is 6.34. The van der Waals surface area contributed by atoms with Gasteiger partial charge in [0.1, 0.15) is 16.5 Å². The number of aromatic amines is 1. The Hall–Kier alpha value is -2.59. The first-order valence-electron chi connectivity index (χ1n) is 6.33. The number of H-pyrrole nitrogens is 1. The van der Waals surface area contributed by atoms with Crippen molar-refractivity contribution in [2.24, 2.45) is 4.99 Å². The van der Waals surface area contributed by atoms with Crippen molar-refractivity contribution in [1.29, 1.82) is 0 Å². The van der Waals surface area contributed by atoms with Crippen LogP contribution in [0.25, 0.3) is 5.76 Å². The van der Waals surface area contributed by atoms with Crippen LogP contribution in [-0.4, -0.2) is 49.5 Å². The number of nitrogens with one attached hydrogen (secondary N) is 1. The standard InChI is InChI=1S/C12H9Cl2FN6O3/c1-2-24-11(23)6(4-16-12-18-20-21-19-12)8(22)5-3-7(15)10(14)17-9(5)13/h3-4,22H,2H2,1H3,(H,18,19,20,21). The second kappa shape index (κ2) is 7.79. The fraction of sp³-hybridized carbons (Fsp3) is 0.167. The Labute approximate surface area is 144 Å². The molecule has 2 heterocycles. The molecule has 0 spiro atoms. The number of aliphatic hydroxyl groups excluding tert-OH is 1. The number of tetrazole rings is 1. The molecule has 0 aliphatic heterocycles. The first-order chi connectivity index (χ1) is 11.4. The smallest absolute Gasteiger partial charge is 0.343 e. The Morgan fingerprint density at radius 1 is 1.50 bits per heavy atom. The number of carbonyl (C=O) groups excluding carboxylic acids is 1. The molecule has 24 heavy (non-hydrogen) atoms. The van der Waals surface area contributed by atoms with Crippen molar-refractivity contribution >= 4 is 47.1 Å². The second-order valence-corrected chi connectivity index (χ2v) is 4.77. The number of ether oxygens (including phenoxy) is 1.